The Balaban J connectivity index is 1.13. The monoisotopic (exact) mass is 514 g/mol. The van der Waals surface area contributed by atoms with Crippen LogP contribution in [0.15, 0.2) is 67.3 Å². The molecular formula is C28H31FN8O. The minimum atomic E-state index is -0.241. The molecule has 196 valence electrons. The first-order chi connectivity index (χ1) is 18.7. The lowest BCUT2D eigenvalue weighted by molar-refractivity contribution is 0.0374. The number of fused-ring (bicyclic) bond motifs is 2. The van der Waals surface area contributed by atoms with Crippen LogP contribution < -0.4 is 10.6 Å². The molecular weight excluding hydrogens is 483 g/mol. The van der Waals surface area contributed by atoms with Crippen molar-refractivity contribution in [3.8, 4) is 0 Å². The summed E-state index contributed by atoms with van der Waals surface area (Å²) >= 11 is 0. The smallest absolute Gasteiger partial charge is 0.158 e. The van der Waals surface area contributed by atoms with E-state index in [9.17, 15) is 4.39 Å². The first-order valence-electron chi connectivity index (χ1n) is 13.0. The van der Waals surface area contributed by atoms with E-state index in [1.165, 1.54) is 12.1 Å². The molecule has 0 aliphatic carbocycles. The maximum Gasteiger partial charge on any atom is 0.158 e. The van der Waals surface area contributed by atoms with Gasteiger partial charge in [0.25, 0.3) is 0 Å². The maximum atomic E-state index is 13.6. The van der Waals surface area contributed by atoms with Crippen molar-refractivity contribution in [2.75, 3.05) is 44.7 Å². The maximum absolute atomic E-state index is 13.6. The Kier molecular flexibility index (Phi) is 7.25. The van der Waals surface area contributed by atoms with Crippen molar-refractivity contribution in [1.82, 2.24) is 34.6 Å². The van der Waals surface area contributed by atoms with Crippen LogP contribution in [0, 0.1) is 5.82 Å². The highest BCUT2D eigenvalue weighted by Gasteiger charge is 2.13. The van der Waals surface area contributed by atoms with Crippen molar-refractivity contribution in [2.24, 2.45) is 0 Å². The molecule has 6 rings (SSSR count). The number of benzene rings is 2. The molecule has 2 N–H and O–H groups in total. The van der Waals surface area contributed by atoms with Gasteiger partial charge < -0.3 is 15.4 Å². The largest absolute Gasteiger partial charge is 0.379 e. The Labute approximate surface area is 220 Å². The number of aromatic nitrogens is 5. The van der Waals surface area contributed by atoms with Gasteiger partial charge in [-0.25, -0.2) is 13.9 Å². The van der Waals surface area contributed by atoms with Crippen LogP contribution in [0.1, 0.15) is 17.5 Å². The van der Waals surface area contributed by atoms with Gasteiger partial charge in [-0.05, 0) is 67.0 Å². The summed E-state index contributed by atoms with van der Waals surface area (Å²) in [6, 6.07) is 14.8. The molecule has 0 spiro atoms. The number of ether oxygens (including phenoxy) is 1. The standard InChI is InChI=1S/C28H31FN8O/c29-24-4-1-3-21(15-24)19-37-26-6-5-25(16-23(26)18-32-37)34-28-27-22(7-10-36(27)33-20-31-28)17-30-8-2-9-35-11-13-38-14-12-35/h1,3-7,10,15-16,18,20,30H,2,8-9,11-14,17,19H2,(H,31,33,34). The zero-order valence-electron chi connectivity index (χ0n) is 21.2. The number of hydrogen-bond acceptors (Lipinski definition) is 7. The van der Waals surface area contributed by atoms with Crippen LogP contribution >= 0.6 is 0 Å². The quantitative estimate of drug-likeness (QED) is 0.274. The van der Waals surface area contributed by atoms with Crippen LogP contribution in [-0.4, -0.2) is 68.7 Å². The number of nitrogens with zero attached hydrogens (tertiary/aromatic N) is 6. The lowest BCUT2D eigenvalue weighted by atomic mass is 10.2. The highest BCUT2D eigenvalue weighted by Crippen LogP contribution is 2.26. The Hall–Kier alpha value is -3.86. The Morgan fingerprint density at radius 3 is 2.84 bits per heavy atom. The molecule has 0 atom stereocenters. The van der Waals surface area contributed by atoms with Crippen molar-refractivity contribution in [3.05, 3.63) is 84.2 Å². The number of morpholine rings is 1. The van der Waals surface area contributed by atoms with Crippen LogP contribution in [0.5, 0.6) is 0 Å². The number of nitrogens with one attached hydrogen (secondary N) is 2. The Morgan fingerprint density at radius 2 is 1.95 bits per heavy atom. The summed E-state index contributed by atoms with van der Waals surface area (Å²) in [5, 5.41) is 16.9. The average Bonchev–Trinajstić information content (AvgIpc) is 3.53. The van der Waals surface area contributed by atoms with E-state index in [0.717, 1.165) is 91.4 Å². The van der Waals surface area contributed by atoms with Gasteiger partial charge in [0.15, 0.2) is 5.82 Å². The zero-order chi connectivity index (χ0) is 25.7. The van der Waals surface area contributed by atoms with Crippen molar-refractivity contribution < 1.29 is 9.13 Å². The van der Waals surface area contributed by atoms with Gasteiger partial charge in [-0.3, -0.25) is 9.58 Å². The molecule has 1 aliphatic heterocycles. The summed E-state index contributed by atoms with van der Waals surface area (Å²) in [7, 11) is 0. The normalized spacial score (nSPS) is 14.4. The Bertz CT molecular complexity index is 1520. The topological polar surface area (TPSA) is 84.5 Å². The minimum Gasteiger partial charge on any atom is -0.379 e. The lowest BCUT2D eigenvalue weighted by Crippen LogP contribution is -2.37. The molecule has 4 heterocycles. The summed E-state index contributed by atoms with van der Waals surface area (Å²) in [6.07, 6.45) is 6.45. The van der Waals surface area contributed by atoms with Gasteiger partial charge in [-0.15, -0.1) is 0 Å². The van der Waals surface area contributed by atoms with E-state index >= 15 is 0 Å². The van der Waals surface area contributed by atoms with E-state index in [0.29, 0.717) is 6.54 Å². The first kappa shape index (κ1) is 24.5. The van der Waals surface area contributed by atoms with Gasteiger partial charge in [-0.1, -0.05) is 12.1 Å². The summed E-state index contributed by atoms with van der Waals surface area (Å²) in [5.41, 5.74) is 4.86. The SMILES string of the molecule is Fc1cccc(Cn2ncc3cc(Nc4ncnn5ccc(CNCCCN6CCOCC6)c45)ccc32)c1. The second kappa shape index (κ2) is 11.3. The molecule has 9 nitrogen and oxygen atoms in total. The molecule has 10 heteroatoms. The van der Waals surface area contributed by atoms with Gasteiger partial charge in [0.2, 0.25) is 0 Å². The molecule has 0 saturated carbocycles. The molecule has 1 saturated heterocycles. The van der Waals surface area contributed by atoms with Crippen LogP contribution in [0.3, 0.4) is 0 Å². The van der Waals surface area contributed by atoms with Crippen molar-refractivity contribution in [2.45, 2.75) is 19.5 Å². The van der Waals surface area contributed by atoms with Gasteiger partial charge in [0.1, 0.15) is 17.7 Å². The Morgan fingerprint density at radius 1 is 1.03 bits per heavy atom. The summed E-state index contributed by atoms with van der Waals surface area (Å²) < 4.78 is 22.8. The van der Waals surface area contributed by atoms with E-state index in [-0.39, 0.29) is 5.82 Å². The first-order valence-corrected chi connectivity index (χ1v) is 13.0. The van der Waals surface area contributed by atoms with E-state index in [4.69, 9.17) is 4.74 Å². The molecule has 2 aromatic carbocycles. The molecule has 38 heavy (non-hydrogen) atoms. The number of hydrogen-bond donors (Lipinski definition) is 2. The summed E-state index contributed by atoms with van der Waals surface area (Å²) in [5.74, 6) is 0.510. The van der Waals surface area contributed by atoms with Gasteiger partial charge in [-0.2, -0.15) is 10.2 Å². The number of halogens is 1. The predicted octanol–water partition coefficient (Wildman–Crippen LogP) is 3.82. The number of anilines is 2. The van der Waals surface area contributed by atoms with Crippen molar-refractivity contribution in [3.63, 3.8) is 0 Å². The molecule has 0 amide bonds. The van der Waals surface area contributed by atoms with Crippen LogP contribution in [0.25, 0.3) is 16.4 Å². The van der Waals surface area contributed by atoms with Crippen LogP contribution in [-0.2, 0) is 17.8 Å². The van der Waals surface area contributed by atoms with E-state index in [2.05, 4.69) is 42.8 Å². The number of rotatable bonds is 10. The van der Waals surface area contributed by atoms with Crippen LogP contribution in [0.4, 0.5) is 15.9 Å². The molecule has 5 aromatic rings. The molecule has 0 radical (unpaired) electrons. The molecule has 1 aliphatic rings. The van der Waals surface area contributed by atoms with E-state index < -0.39 is 0 Å². The van der Waals surface area contributed by atoms with Crippen LogP contribution in [0.2, 0.25) is 0 Å². The lowest BCUT2D eigenvalue weighted by Gasteiger charge is -2.26. The second-order valence-corrected chi connectivity index (χ2v) is 9.56. The van der Waals surface area contributed by atoms with E-state index in [1.807, 2.05) is 39.8 Å². The summed E-state index contributed by atoms with van der Waals surface area (Å²) in [4.78, 5) is 7.00. The third-order valence-corrected chi connectivity index (χ3v) is 6.91. The minimum absolute atomic E-state index is 0.241. The molecule has 0 unspecified atom stereocenters. The zero-order valence-corrected chi connectivity index (χ0v) is 21.2. The average molecular weight is 515 g/mol. The third-order valence-electron chi connectivity index (χ3n) is 6.91. The van der Waals surface area contributed by atoms with Crippen molar-refractivity contribution in [1.29, 1.82) is 0 Å². The van der Waals surface area contributed by atoms with Crippen molar-refractivity contribution >= 4 is 27.9 Å². The molecule has 0 bridgehead atoms. The van der Waals surface area contributed by atoms with Gasteiger partial charge in [0.05, 0.1) is 31.5 Å². The fourth-order valence-corrected chi connectivity index (χ4v) is 4.96. The van der Waals surface area contributed by atoms with E-state index in [1.54, 1.807) is 12.4 Å². The fourth-order valence-electron chi connectivity index (χ4n) is 4.96. The molecule has 1 fully saturated rings. The van der Waals surface area contributed by atoms with Gasteiger partial charge in [0, 0.05) is 36.9 Å². The fraction of sp³-hybridized carbons (Fsp3) is 0.321. The second-order valence-electron chi connectivity index (χ2n) is 9.56. The predicted molar refractivity (Wildman–Crippen MR) is 145 cm³/mol. The molecule has 3 aromatic heterocycles. The highest BCUT2D eigenvalue weighted by atomic mass is 19.1. The summed E-state index contributed by atoms with van der Waals surface area (Å²) in [6.45, 7) is 7.01. The third kappa shape index (κ3) is 5.52. The van der Waals surface area contributed by atoms with Gasteiger partial charge >= 0.3 is 0 Å². The highest BCUT2D eigenvalue weighted by molar-refractivity contribution is 5.85.